The van der Waals surface area contributed by atoms with Gasteiger partial charge in [-0.25, -0.2) is 4.79 Å². The molecular weight excluding hydrogens is 274 g/mol. The van der Waals surface area contributed by atoms with Crippen LogP contribution in [0.2, 0.25) is 0 Å². The standard InChI is InChI=1S/C14H19N3O4/c18-13(5-1-3-12-4-2-6-15-11-12)16-7-9-21-10-8-17-14(19)20/h1-4,6,11,17H,5,7-10H2,(H,16,18)(H,19,20). The molecule has 0 bridgehead atoms. The minimum atomic E-state index is -1.08. The average Bonchev–Trinajstić information content (AvgIpc) is 2.47. The van der Waals surface area contributed by atoms with Crippen LogP contribution in [0.15, 0.2) is 30.6 Å². The van der Waals surface area contributed by atoms with Crippen molar-refractivity contribution < 1.29 is 19.4 Å². The van der Waals surface area contributed by atoms with E-state index in [1.807, 2.05) is 18.2 Å². The van der Waals surface area contributed by atoms with E-state index in [1.165, 1.54) is 0 Å². The summed E-state index contributed by atoms with van der Waals surface area (Å²) in [6.07, 6.45) is 6.22. The number of ether oxygens (including phenoxy) is 1. The lowest BCUT2D eigenvalue weighted by molar-refractivity contribution is -0.120. The van der Waals surface area contributed by atoms with E-state index in [-0.39, 0.29) is 25.5 Å². The van der Waals surface area contributed by atoms with Crippen molar-refractivity contribution in [3.8, 4) is 0 Å². The Bertz CT molecular complexity index is 463. The molecule has 1 aromatic heterocycles. The Morgan fingerprint density at radius 3 is 2.71 bits per heavy atom. The van der Waals surface area contributed by atoms with Crippen LogP contribution in [-0.4, -0.2) is 48.4 Å². The SMILES string of the molecule is O=C(O)NCCOCCNC(=O)CC=Cc1cccnc1. The highest BCUT2D eigenvalue weighted by Gasteiger charge is 1.97. The van der Waals surface area contributed by atoms with Gasteiger partial charge in [-0.1, -0.05) is 18.2 Å². The van der Waals surface area contributed by atoms with Gasteiger partial charge in [-0.3, -0.25) is 9.78 Å². The van der Waals surface area contributed by atoms with Gasteiger partial charge in [0.2, 0.25) is 5.91 Å². The van der Waals surface area contributed by atoms with E-state index in [2.05, 4.69) is 15.6 Å². The molecule has 0 aliphatic carbocycles. The van der Waals surface area contributed by atoms with Gasteiger partial charge >= 0.3 is 6.09 Å². The Kier molecular flexibility index (Phi) is 8.23. The molecule has 0 unspecified atom stereocenters. The van der Waals surface area contributed by atoms with Crippen molar-refractivity contribution in [2.45, 2.75) is 6.42 Å². The summed E-state index contributed by atoms with van der Waals surface area (Å²) in [5.41, 5.74) is 0.944. The Hall–Kier alpha value is -2.41. The van der Waals surface area contributed by atoms with Crippen LogP contribution in [0.5, 0.6) is 0 Å². The molecule has 0 aliphatic heterocycles. The van der Waals surface area contributed by atoms with Crippen molar-refractivity contribution in [3.63, 3.8) is 0 Å². The van der Waals surface area contributed by atoms with Gasteiger partial charge in [-0.15, -0.1) is 0 Å². The van der Waals surface area contributed by atoms with Crippen LogP contribution in [0.25, 0.3) is 6.08 Å². The van der Waals surface area contributed by atoms with Gasteiger partial charge in [0.25, 0.3) is 0 Å². The Balaban J connectivity index is 2.01. The van der Waals surface area contributed by atoms with Gasteiger partial charge in [-0.05, 0) is 11.6 Å². The van der Waals surface area contributed by atoms with E-state index < -0.39 is 6.09 Å². The maximum atomic E-state index is 11.5. The molecule has 0 atom stereocenters. The molecule has 2 amide bonds. The molecule has 0 saturated carbocycles. The van der Waals surface area contributed by atoms with Crippen LogP contribution < -0.4 is 10.6 Å². The Morgan fingerprint density at radius 1 is 1.29 bits per heavy atom. The van der Waals surface area contributed by atoms with Crippen LogP contribution in [0, 0.1) is 0 Å². The Morgan fingerprint density at radius 2 is 2.05 bits per heavy atom. The fourth-order valence-electron chi connectivity index (χ4n) is 1.44. The molecule has 21 heavy (non-hydrogen) atoms. The normalized spacial score (nSPS) is 10.5. The van der Waals surface area contributed by atoms with Crippen LogP contribution in [0.1, 0.15) is 12.0 Å². The number of carboxylic acid groups (broad SMARTS) is 1. The molecule has 0 radical (unpaired) electrons. The second kappa shape index (κ2) is 10.4. The summed E-state index contributed by atoms with van der Waals surface area (Å²) in [5.74, 6) is -0.0950. The van der Waals surface area contributed by atoms with Gasteiger partial charge in [0, 0.05) is 31.9 Å². The summed E-state index contributed by atoms with van der Waals surface area (Å²) in [5, 5.41) is 13.2. The first-order valence-corrected chi connectivity index (χ1v) is 6.56. The number of amides is 2. The first-order valence-electron chi connectivity index (χ1n) is 6.56. The lowest BCUT2D eigenvalue weighted by atomic mass is 10.2. The molecule has 7 nitrogen and oxygen atoms in total. The number of rotatable bonds is 9. The smallest absolute Gasteiger partial charge is 0.404 e. The molecule has 1 rings (SSSR count). The first-order chi connectivity index (χ1) is 10.2. The van der Waals surface area contributed by atoms with Crippen molar-refractivity contribution in [2.24, 2.45) is 0 Å². The molecule has 114 valence electrons. The van der Waals surface area contributed by atoms with Gasteiger partial charge in [-0.2, -0.15) is 0 Å². The number of carbonyl (C=O) groups excluding carboxylic acids is 1. The zero-order chi connectivity index (χ0) is 15.3. The number of aromatic nitrogens is 1. The van der Waals surface area contributed by atoms with Crippen molar-refractivity contribution in [3.05, 3.63) is 36.2 Å². The maximum absolute atomic E-state index is 11.5. The summed E-state index contributed by atoms with van der Waals surface area (Å²) in [7, 11) is 0. The molecule has 0 aromatic carbocycles. The maximum Gasteiger partial charge on any atom is 0.404 e. The molecular formula is C14H19N3O4. The van der Waals surface area contributed by atoms with Crippen molar-refractivity contribution >= 4 is 18.1 Å². The van der Waals surface area contributed by atoms with Crippen LogP contribution in [-0.2, 0) is 9.53 Å². The average molecular weight is 293 g/mol. The lowest BCUT2D eigenvalue weighted by Crippen LogP contribution is -2.29. The van der Waals surface area contributed by atoms with Crippen molar-refractivity contribution in [2.75, 3.05) is 26.3 Å². The number of hydrogen-bond donors (Lipinski definition) is 3. The topological polar surface area (TPSA) is 101 Å². The largest absolute Gasteiger partial charge is 0.465 e. The zero-order valence-corrected chi connectivity index (χ0v) is 11.6. The Labute approximate surface area is 123 Å². The summed E-state index contributed by atoms with van der Waals surface area (Å²) in [4.78, 5) is 25.6. The molecule has 1 heterocycles. The summed E-state index contributed by atoms with van der Waals surface area (Å²) in [6, 6.07) is 3.73. The number of carbonyl (C=O) groups is 2. The van der Waals surface area contributed by atoms with Crippen LogP contribution in [0.4, 0.5) is 4.79 Å². The highest BCUT2D eigenvalue weighted by molar-refractivity contribution is 5.78. The van der Waals surface area contributed by atoms with Gasteiger partial charge in [0.15, 0.2) is 0 Å². The van der Waals surface area contributed by atoms with E-state index in [9.17, 15) is 9.59 Å². The van der Waals surface area contributed by atoms with Gasteiger partial charge in [0.1, 0.15) is 0 Å². The minimum absolute atomic E-state index is 0.0950. The monoisotopic (exact) mass is 293 g/mol. The second-order valence-electron chi connectivity index (χ2n) is 4.09. The quantitative estimate of drug-likeness (QED) is 0.587. The van der Waals surface area contributed by atoms with Crippen LogP contribution >= 0.6 is 0 Å². The molecule has 3 N–H and O–H groups in total. The summed E-state index contributed by atoms with van der Waals surface area (Å²) in [6.45, 7) is 1.26. The molecule has 7 heteroatoms. The number of hydrogen-bond acceptors (Lipinski definition) is 4. The zero-order valence-electron chi connectivity index (χ0n) is 11.6. The fraction of sp³-hybridized carbons (Fsp3) is 0.357. The van der Waals surface area contributed by atoms with Crippen molar-refractivity contribution in [1.29, 1.82) is 0 Å². The van der Waals surface area contributed by atoms with Gasteiger partial charge in [0.05, 0.1) is 13.2 Å². The third-order valence-corrected chi connectivity index (χ3v) is 2.39. The highest BCUT2D eigenvalue weighted by atomic mass is 16.5. The molecule has 0 fully saturated rings. The summed E-state index contributed by atoms with van der Waals surface area (Å²) >= 11 is 0. The highest BCUT2D eigenvalue weighted by Crippen LogP contribution is 1.99. The number of pyridine rings is 1. The van der Waals surface area contributed by atoms with E-state index >= 15 is 0 Å². The molecule has 0 spiro atoms. The first kappa shape index (κ1) is 16.6. The molecule has 1 aromatic rings. The molecule has 0 aliphatic rings. The third kappa shape index (κ3) is 9.17. The van der Waals surface area contributed by atoms with Gasteiger partial charge < -0.3 is 20.5 Å². The fourth-order valence-corrected chi connectivity index (χ4v) is 1.44. The third-order valence-electron chi connectivity index (χ3n) is 2.39. The lowest BCUT2D eigenvalue weighted by Gasteiger charge is -2.05. The predicted molar refractivity (Wildman–Crippen MR) is 77.7 cm³/mol. The number of nitrogens with zero attached hydrogens (tertiary/aromatic N) is 1. The predicted octanol–water partition coefficient (Wildman–Crippen LogP) is 0.885. The van der Waals surface area contributed by atoms with E-state index in [1.54, 1.807) is 18.5 Å². The van der Waals surface area contributed by atoms with Crippen LogP contribution in [0.3, 0.4) is 0 Å². The van der Waals surface area contributed by atoms with Crippen molar-refractivity contribution in [1.82, 2.24) is 15.6 Å². The van der Waals surface area contributed by atoms with E-state index in [4.69, 9.17) is 9.84 Å². The number of nitrogens with one attached hydrogen (secondary N) is 2. The van der Waals surface area contributed by atoms with E-state index in [0.717, 1.165) is 5.56 Å². The summed E-state index contributed by atoms with van der Waals surface area (Å²) < 4.78 is 5.14. The second-order valence-corrected chi connectivity index (χ2v) is 4.09. The van der Waals surface area contributed by atoms with E-state index in [0.29, 0.717) is 13.2 Å². The minimum Gasteiger partial charge on any atom is -0.465 e. The molecule has 0 saturated heterocycles.